The van der Waals surface area contributed by atoms with Gasteiger partial charge in [0, 0.05) is 0 Å². The molecule has 0 unspecified atom stereocenters. The quantitative estimate of drug-likeness (QED) is 0.220. The van der Waals surface area contributed by atoms with Crippen LogP contribution in [0, 0.1) is 0 Å². The Balaban J connectivity index is 3.38. The van der Waals surface area contributed by atoms with E-state index in [0.717, 1.165) is 0 Å². The zero-order valence-corrected chi connectivity index (χ0v) is 23.5. The van der Waals surface area contributed by atoms with Crippen molar-refractivity contribution in [3.8, 4) is 0 Å². The van der Waals surface area contributed by atoms with Gasteiger partial charge in [-0.15, -0.1) is 0 Å². The summed E-state index contributed by atoms with van der Waals surface area (Å²) >= 11 is 0. The zero-order valence-electron chi connectivity index (χ0n) is 21.5. The lowest BCUT2D eigenvalue weighted by atomic mass is 10.2. The van der Waals surface area contributed by atoms with E-state index in [-0.39, 0.29) is 10.1 Å². The van der Waals surface area contributed by atoms with Crippen molar-refractivity contribution in [1.29, 1.82) is 0 Å². The van der Waals surface area contributed by atoms with E-state index in [2.05, 4.69) is 67.7 Å². The van der Waals surface area contributed by atoms with Crippen molar-refractivity contribution in [2.45, 2.75) is 77.8 Å². The minimum absolute atomic E-state index is 0.236. The van der Waals surface area contributed by atoms with Gasteiger partial charge in [-0.2, -0.15) is 0 Å². The van der Waals surface area contributed by atoms with E-state index in [1.54, 1.807) is 0 Å². The lowest BCUT2D eigenvalue weighted by molar-refractivity contribution is -0.00775. The molecule has 6 nitrogen and oxygen atoms in total. The van der Waals surface area contributed by atoms with E-state index in [0.29, 0.717) is 66.1 Å². The SMILES string of the molecule is CC(C)(C)[Si](C)(C)OCCOCCOCCOCCOCCO[Si](C)(C)C(C)(C)C. The van der Waals surface area contributed by atoms with Crippen LogP contribution in [0.4, 0.5) is 0 Å². The molecule has 0 bridgehead atoms. The summed E-state index contributed by atoms with van der Waals surface area (Å²) in [5.74, 6) is 0. The van der Waals surface area contributed by atoms with Crippen LogP contribution in [0.2, 0.25) is 36.3 Å². The van der Waals surface area contributed by atoms with Crippen LogP contribution in [0.5, 0.6) is 0 Å². The lowest BCUT2D eigenvalue weighted by Crippen LogP contribution is -2.41. The summed E-state index contributed by atoms with van der Waals surface area (Å²) in [4.78, 5) is 0. The third-order valence-corrected chi connectivity index (χ3v) is 15.2. The smallest absolute Gasteiger partial charge is 0.192 e. The molecule has 0 aromatic carbocycles. The summed E-state index contributed by atoms with van der Waals surface area (Å²) in [6.45, 7) is 28.5. The number of ether oxygens (including phenoxy) is 4. The van der Waals surface area contributed by atoms with Crippen molar-refractivity contribution in [2.75, 3.05) is 66.1 Å². The Morgan fingerprint density at radius 2 is 0.600 bits per heavy atom. The molecule has 8 heteroatoms. The number of hydrogen-bond acceptors (Lipinski definition) is 6. The minimum Gasteiger partial charge on any atom is -0.414 e. The van der Waals surface area contributed by atoms with E-state index in [1.807, 2.05) is 0 Å². The Labute approximate surface area is 188 Å². The molecule has 0 fully saturated rings. The third kappa shape index (κ3) is 13.6. The number of rotatable bonds is 17. The molecule has 0 aliphatic rings. The van der Waals surface area contributed by atoms with E-state index < -0.39 is 16.6 Å². The van der Waals surface area contributed by atoms with Crippen LogP contribution < -0.4 is 0 Å². The fourth-order valence-corrected chi connectivity index (χ4v) is 3.96. The number of hydrogen-bond donors (Lipinski definition) is 0. The van der Waals surface area contributed by atoms with Crippen molar-refractivity contribution in [3.63, 3.8) is 0 Å². The van der Waals surface area contributed by atoms with Gasteiger partial charge in [-0.3, -0.25) is 0 Å². The highest BCUT2D eigenvalue weighted by Gasteiger charge is 2.37. The fourth-order valence-electron chi connectivity index (χ4n) is 1.91. The topological polar surface area (TPSA) is 55.4 Å². The highest BCUT2D eigenvalue weighted by molar-refractivity contribution is 6.74. The molecule has 0 N–H and O–H groups in total. The van der Waals surface area contributed by atoms with Gasteiger partial charge in [0.15, 0.2) is 16.6 Å². The zero-order chi connectivity index (χ0) is 23.3. The van der Waals surface area contributed by atoms with Crippen molar-refractivity contribution in [1.82, 2.24) is 0 Å². The average molecular weight is 467 g/mol. The fraction of sp³-hybridized carbons (Fsp3) is 1.00. The summed E-state index contributed by atoms with van der Waals surface area (Å²) in [5.41, 5.74) is 0. The third-order valence-electron chi connectivity index (χ3n) is 6.11. The van der Waals surface area contributed by atoms with Crippen LogP contribution in [0.15, 0.2) is 0 Å². The maximum Gasteiger partial charge on any atom is 0.192 e. The molecular weight excluding hydrogens is 416 g/mol. The Hall–Kier alpha value is 0.194. The Morgan fingerprint density at radius 3 is 0.800 bits per heavy atom. The highest BCUT2D eigenvalue weighted by atomic mass is 28.4. The Bertz CT molecular complexity index is 390. The first-order valence-corrected chi connectivity index (χ1v) is 17.1. The van der Waals surface area contributed by atoms with Gasteiger partial charge in [0.2, 0.25) is 0 Å². The van der Waals surface area contributed by atoms with Crippen molar-refractivity contribution in [3.05, 3.63) is 0 Å². The lowest BCUT2D eigenvalue weighted by Gasteiger charge is -2.36. The van der Waals surface area contributed by atoms with Gasteiger partial charge in [0.1, 0.15) is 0 Å². The Morgan fingerprint density at radius 1 is 0.400 bits per heavy atom. The first-order valence-electron chi connectivity index (χ1n) is 11.3. The van der Waals surface area contributed by atoms with Crippen LogP contribution >= 0.6 is 0 Å². The van der Waals surface area contributed by atoms with Crippen molar-refractivity contribution >= 4 is 16.6 Å². The summed E-state index contributed by atoms with van der Waals surface area (Å²) in [7, 11) is -3.34. The summed E-state index contributed by atoms with van der Waals surface area (Å²) in [6.07, 6.45) is 0. The molecule has 0 aromatic rings. The second-order valence-electron chi connectivity index (χ2n) is 10.7. The molecule has 0 amide bonds. The van der Waals surface area contributed by atoms with Gasteiger partial charge in [-0.1, -0.05) is 41.5 Å². The van der Waals surface area contributed by atoms with Crippen LogP contribution in [-0.4, -0.2) is 82.7 Å². The molecule has 0 aliphatic carbocycles. The first kappa shape index (κ1) is 30.2. The summed E-state index contributed by atoms with van der Waals surface area (Å²) in [5, 5.41) is 0.472. The van der Waals surface area contributed by atoms with E-state index in [9.17, 15) is 0 Å². The van der Waals surface area contributed by atoms with Crippen LogP contribution in [0.3, 0.4) is 0 Å². The van der Waals surface area contributed by atoms with Gasteiger partial charge >= 0.3 is 0 Å². The maximum absolute atomic E-state index is 6.07. The van der Waals surface area contributed by atoms with Crippen LogP contribution in [0.25, 0.3) is 0 Å². The monoisotopic (exact) mass is 466 g/mol. The molecule has 0 saturated carbocycles. The van der Waals surface area contributed by atoms with Crippen LogP contribution in [0.1, 0.15) is 41.5 Å². The molecule has 0 atom stereocenters. The molecular formula is C22H50O6Si2. The van der Waals surface area contributed by atoms with Crippen LogP contribution in [-0.2, 0) is 27.8 Å². The average Bonchev–Trinajstić information content (AvgIpc) is 2.59. The maximum atomic E-state index is 6.07. The second kappa shape index (κ2) is 14.4. The van der Waals surface area contributed by atoms with Gasteiger partial charge in [-0.05, 0) is 36.3 Å². The summed E-state index contributed by atoms with van der Waals surface area (Å²) in [6, 6.07) is 0. The van der Waals surface area contributed by atoms with E-state index >= 15 is 0 Å². The normalized spacial score (nSPS) is 13.8. The van der Waals surface area contributed by atoms with Crippen molar-refractivity contribution < 1.29 is 27.8 Å². The van der Waals surface area contributed by atoms with Gasteiger partial charge < -0.3 is 27.8 Å². The molecule has 30 heavy (non-hydrogen) atoms. The molecule has 0 aliphatic heterocycles. The van der Waals surface area contributed by atoms with Gasteiger partial charge in [-0.25, -0.2) is 0 Å². The molecule has 0 saturated heterocycles. The predicted molar refractivity (Wildman–Crippen MR) is 130 cm³/mol. The Kier molecular flexibility index (Phi) is 14.5. The van der Waals surface area contributed by atoms with Gasteiger partial charge in [0.25, 0.3) is 0 Å². The molecule has 0 rings (SSSR count). The molecule has 0 radical (unpaired) electrons. The van der Waals surface area contributed by atoms with Gasteiger partial charge in [0.05, 0.1) is 66.1 Å². The van der Waals surface area contributed by atoms with Crippen molar-refractivity contribution in [2.24, 2.45) is 0 Å². The first-order chi connectivity index (χ1) is 13.7. The highest BCUT2D eigenvalue weighted by Crippen LogP contribution is 2.37. The minimum atomic E-state index is -1.67. The molecule has 182 valence electrons. The molecule has 0 aromatic heterocycles. The van der Waals surface area contributed by atoms with E-state index in [4.69, 9.17) is 27.8 Å². The second-order valence-corrected chi connectivity index (χ2v) is 20.3. The largest absolute Gasteiger partial charge is 0.414 e. The molecule has 0 heterocycles. The molecule has 0 spiro atoms. The predicted octanol–water partition coefficient (Wildman–Crippen LogP) is 5.10. The summed E-state index contributed by atoms with van der Waals surface area (Å²) < 4.78 is 34.3. The van der Waals surface area contributed by atoms with E-state index in [1.165, 1.54) is 0 Å². The standard InChI is InChI=1S/C22H50O6Si2/c1-21(2,3)29(7,8)27-19-17-25-15-13-23-11-12-24-14-16-26-18-20-28-30(9,10)22(4,5)6/h11-20H2,1-10H3.